The first-order valence-corrected chi connectivity index (χ1v) is 6.25. The summed E-state index contributed by atoms with van der Waals surface area (Å²) in [4.78, 5) is 0. The third-order valence-electron chi connectivity index (χ3n) is 4.16. The molecule has 0 aromatic rings. The molecule has 0 aromatic heterocycles. The van der Waals surface area contributed by atoms with Gasteiger partial charge in [0.25, 0.3) is 0 Å². The van der Waals surface area contributed by atoms with Crippen molar-refractivity contribution < 1.29 is 0 Å². The number of hydrogen-bond donors (Lipinski definition) is 1. The molecule has 4 unspecified atom stereocenters. The summed E-state index contributed by atoms with van der Waals surface area (Å²) in [6, 6.07) is 0. The smallest absolute Gasteiger partial charge is 0.00772 e. The second-order valence-electron chi connectivity index (χ2n) is 5.00. The standard InChI is InChI=1S/C13H23N/c1-2-4-12-10-6-7-11(9-10)13(12)5-3-8-14/h6-7,10-13H,2-5,8-9,14H2,1H3. The molecule has 0 spiro atoms. The molecule has 14 heavy (non-hydrogen) atoms. The predicted octanol–water partition coefficient (Wildman–Crippen LogP) is 2.96. The van der Waals surface area contributed by atoms with Gasteiger partial charge >= 0.3 is 0 Å². The summed E-state index contributed by atoms with van der Waals surface area (Å²) in [5, 5.41) is 0. The number of hydrogen-bond acceptors (Lipinski definition) is 1. The van der Waals surface area contributed by atoms with Crippen LogP contribution in [-0.4, -0.2) is 6.54 Å². The lowest BCUT2D eigenvalue weighted by molar-refractivity contribution is 0.269. The fraction of sp³-hybridized carbons (Fsp3) is 0.846. The van der Waals surface area contributed by atoms with Crippen molar-refractivity contribution in [2.45, 2.75) is 39.0 Å². The molecule has 1 heteroatoms. The van der Waals surface area contributed by atoms with Gasteiger partial charge in [0.2, 0.25) is 0 Å². The van der Waals surface area contributed by atoms with E-state index in [1.165, 1.54) is 32.1 Å². The summed E-state index contributed by atoms with van der Waals surface area (Å²) < 4.78 is 0. The Labute approximate surface area is 87.8 Å². The Balaban J connectivity index is 1.95. The van der Waals surface area contributed by atoms with Crippen molar-refractivity contribution in [1.29, 1.82) is 0 Å². The van der Waals surface area contributed by atoms with Crippen LogP contribution in [0.15, 0.2) is 12.2 Å². The molecular weight excluding hydrogens is 170 g/mol. The molecule has 0 aliphatic heterocycles. The van der Waals surface area contributed by atoms with Crippen LogP contribution in [0.5, 0.6) is 0 Å². The van der Waals surface area contributed by atoms with Crippen molar-refractivity contribution in [3.8, 4) is 0 Å². The molecule has 80 valence electrons. The third-order valence-corrected chi connectivity index (χ3v) is 4.16. The highest BCUT2D eigenvalue weighted by Crippen LogP contribution is 2.51. The highest BCUT2D eigenvalue weighted by atomic mass is 14.5. The molecule has 2 bridgehead atoms. The Hall–Kier alpha value is -0.300. The third kappa shape index (κ3) is 1.75. The van der Waals surface area contributed by atoms with E-state index >= 15 is 0 Å². The topological polar surface area (TPSA) is 26.0 Å². The quantitative estimate of drug-likeness (QED) is 0.667. The molecule has 4 atom stereocenters. The van der Waals surface area contributed by atoms with Gasteiger partial charge in [0, 0.05) is 0 Å². The van der Waals surface area contributed by atoms with E-state index in [0.717, 1.165) is 30.2 Å². The Morgan fingerprint density at radius 2 is 1.79 bits per heavy atom. The van der Waals surface area contributed by atoms with Crippen molar-refractivity contribution >= 4 is 0 Å². The maximum absolute atomic E-state index is 5.61. The van der Waals surface area contributed by atoms with Crippen LogP contribution in [-0.2, 0) is 0 Å². The molecule has 0 amide bonds. The minimum Gasteiger partial charge on any atom is -0.330 e. The van der Waals surface area contributed by atoms with E-state index in [0.29, 0.717) is 0 Å². The van der Waals surface area contributed by atoms with Crippen LogP contribution in [0.4, 0.5) is 0 Å². The van der Waals surface area contributed by atoms with E-state index in [9.17, 15) is 0 Å². The molecular formula is C13H23N. The van der Waals surface area contributed by atoms with Gasteiger partial charge in [0.05, 0.1) is 0 Å². The maximum atomic E-state index is 5.61. The average molecular weight is 193 g/mol. The van der Waals surface area contributed by atoms with Crippen LogP contribution >= 0.6 is 0 Å². The van der Waals surface area contributed by atoms with Crippen molar-refractivity contribution in [3.05, 3.63) is 12.2 Å². The molecule has 0 heterocycles. The van der Waals surface area contributed by atoms with Gasteiger partial charge in [-0.1, -0.05) is 25.5 Å². The monoisotopic (exact) mass is 193 g/mol. The SMILES string of the molecule is CCCC1C2C=CC(C2)C1CCCN. The largest absolute Gasteiger partial charge is 0.330 e. The van der Waals surface area contributed by atoms with Crippen LogP contribution in [0.3, 0.4) is 0 Å². The summed E-state index contributed by atoms with van der Waals surface area (Å²) in [6.45, 7) is 3.19. The molecule has 1 nitrogen and oxygen atoms in total. The zero-order valence-electron chi connectivity index (χ0n) is 9.28. The molecule has 2 aliphatic rings. The molecule has 2 rings (SSSR count). The lowest BCUT2D eigenvalue weighted by Crippen LogP contribution is -2.20. The molecule has 0 saturated heterocycles. The van der Waals surface area contributed by atoms with E-state index in [2.05, 4.69) is 19.1 Å². The van der Waals surface area contributed by atoms with Crippen LogP contribution < -0.4 is 5.73 Å². The Morgan fingerprint density at radius 1 is 1.14 bits per heavy atom. The van der Waals surface area contributed by atoms with E-state index in [1.807, 2.05) is 0 Å². The average Bonchev–Trinajstić information content (AvgIpc) is 2.76. The highest BCUT2D eigenvalue weighted by molar-refractivity contribution is 5.13. The Morgan fingerprint density at radius 3 is 2.36 bits per heavy atom. The molecule has 2 N–H and O–H groups in total. The van der Waals surface area contributed by atoms with Crippen molar-refractivity contribution in [1.82, 2.24) is 0 Å². The molecule has 1 saturated carbocycles. The maximum Gasteiger partial charge on any atom is -0.00772 e. The van der Waals surface area contributed by atoms with Crippen LogP contribution in [0.2, 0.25) is 0 Å². The lowest BCUT2D eigenvalue weighted by atomic mass is 9.78. The summed E-state index contributed by atoms with van der Waals surface area (Å²) >= 11 is 0. The first kappa shape index (κ1) is 10.2. The zero-order chi connectivity index (χ0) is 9.97. The fourth-order valence-corrected chi connectivity index (χ4v) is 3.57. The van der Waals surface area contributed by atoms with E-state index in [1.54, 1.807) is 0 Å². The van der Waals surface area contributed by atoms with Crippen molar-refractivity contribution in [3.63, 3.8) is 0 Å². The predicted molar refractivity (Wildman–Crippen MR) is 60.9 cm³/mol. The highest BCUT2D eigenvalue weighted by Gasteiger charge is 2.42. The van der Waals surface area contributed by atoms with Crippen LogP contribution in [0.1, 0.15) is 39.0 Å². The van der Waals surface area contributed by atoms with Crippen molar-refractivity contribution in [2.75, 3.05) is 6.54 Å². The van der Waals surface area contributed by atoms with Gasteiger partial charge in [0.1, 0.15) is 0 Å². The van der Waals surface area contributed by atoms with Crippen LogP contribution in [0, 0.1) is 23.7 Å². The number of nitrogens with two attached hydrogens (primary N) is 1. The first-order chi connectivity index (χ1) is 6.86. The van der Waals surface area contributed by atoms with Gasteiger partial charge < -0.3 is 5.73 Å². The second-order valence-corrected chi connectivity index (χ2v) is 5.00. The summed E-state index contributed by atoms with van der Waals surface area (Å²) in [6.07, 6.45) is 11.8. The van der Waals surface area contributed by atoms with Gasteiger partial charge in [-0.3, -0.25) is 0 Å². The molecule has 2 aliphatic carbocycles. The van der Waals surface area contributed by atoms with Gasteiger partial charge in [-0.05, 0) is 55.9 Å². The van der Waals surface area contributed by atoms with Gasteiger partial charge in [-0.15, -0.1) is 0 Å². The molecule has 0 aromatic carbocycles. The van der Waals surface area contributed by atoms with Gasteiger partial charge in [-0.2, -0.15) is 0 Å². The first-order valence-electron chi connectivity index (χ1n) is 6.25. The normalized spacial score (nSPS) is 39.6. The number of fused-ring (bicyclic) bond motifs is 2. The summed E-state index contributed by atoms with van der Waals surface area (Å²) in [7, 11) is 0. The van der Waals surface area contributed by atoms with Gasteiger partial charge in [-0.25, -0.2) is 0 Å². The van der Waals surface area contributed by atoms with E-state index in [4.69, 9.17) is 5.73 Å². The van der Waals surface area contributed by atoms with E-state index < -0.39 is 0 Å². The van der Waals surface area contributed by atoms with Crippen LogP contribution in [0.25, 0.3) is 0 Å². The van der Waals surface area contributed by atoms with E-state index in [-0.39, 0.29) is 0 Å². The molecule has 0 radical (unpaired) electrons. The zero-order valence-corrected chi connectivity index (χ0v) is 9.28. The Bertz CT molecular complexity index is 209. The minimum atomic E-state index is 0.871. The number of allylic oxidation sites excluding steroid dienone is 2. The second kappa shape index (κ2) is 4.48. The molecule has 1 fully saturated rings. The Kier molecular flexibility index (Phi) is 3.27. The van der Waals surface area contributed by atoms with Gasteiger partial charge in [0.15, 0.2) is 0 Å². The fourth-order valence-electron chi connectivity index (χ4n) is 3.57. The van der Waals surface area contributed by atoms with Crippen molar-refractivity contribution in [2.24, 2.45) is 29.4 Å². The minimum absolute atomic E-state index is 0.871. The summed E-state index contributed by atoms with van der Waals surface area (Å²) in [5.74, 6) is 3.78. The number of rotatable bonds is 5. The lowest BCUT2D eigenvalue weighted by Gasteiger charge is -2.27. The summed E-state index contributed by atoms with van der Waals surface area (Å²) in [5.41, 5.74) is 5.61.